The molecule has 2 rings (SSSR count). The zero-order valence-electron chi connectivity index (χ0n) is 11.7. The van der Waals surface area contributed by atoms with Gasteiger partial charge in [0.15, 0.2) is 0 Å². The molecule has 0 bridgehead atoms. The second kappa shape index (κ2) is 5.24. The maximum Gasteiger partial charge on any atom is 0.457 e. The summed E-state index contributed by atoms with van der Waals surface area (Å²) in [5.74, 6) is -6.01. The van der Waals surface area contributed by atoms with E-state index < -0.39 is 41.8 Å². The van der Waals surface area contributed by atoms with Crippen LogP contribution in [0.5, 0.6) is 0 Å². The van der Waals surface area contributed by atoms with Gasteiger partial charge < -0.3 is 10.2 Å². The lowest BCUT2D eigenvalue weighted by Gasteiger charge is -2.52. The first kappa shape index (κ1) is 17.8. The van der Waals surface area contributed by atoms with Crippen LogP contribution in [0.1, 0.15) is 12.8 Å². The first-order valence-corrected chi connectivity index (χ1v) is 6.68. The van der Waals surface area contributed by atoms with Crippen molar-refractivity contribution in [3.63, 3.8) is 0 Å². The summed E-state index contributed by atoms with van der Waals surface area (Å²) in [5, 5.41) is 20.6. The van der Waals surface area contributed by atoms with E-state index in [0.717, 1.165) is 24.3 Å². The molecule has 8 heteroatoms. The third-order valence-corrected chi connectivity index (χ3v) is 4.08. The number of alkyl halides is 6. The van der Waals surface area contributed by atoms with E-state index in [9.17, 15) is 32.2 Å². The third-order valence-electron chi connectivity index (χ3n) is 4.08. The van der Waals surface area contributed by atoms with E-state index >= 15 is 4.39 Å². The number of rotatable bonds is 3. The monoisotopic (exact) mass is 340 g/mol. The van der Waals surface area contributed by atoms with Gasteiger partial charge in [-0.15, -0.1) is 0 Å². The molecule has 2 atom stereocenters. The fraction of sp³-hybridized carbons (Fsp3) is 0.467. The highest BCUT2D eigenvalue weighted by molar-refractivity contribution is 5.36. The third kappa shape index (κ3) is 2.35. The number of aliphatic hydroxyl groups is 2. The molecule has 2 unspecified atom stereocenters. The Morgan fingerprint density at radius 3 is 1.35 bits per heavy atom. The lowest BCUT2D eigenvalue weighted by Crippen LogP contribution is -2.75. The number of hydrogen-bond donors (Lipinski definition) is 2. The van der Waals surface area contributed by atoms with Gasteiger partial charge in [-0.2, -0.15) is 22.0 Å². The first-order chi connectivity index (χ1) is 10.4. The second-order valence-electron chi connectivity index (χ2n) is 5.56. The Balaban J connectivity index is 2.70. The number of halogens is 6. The van der Waals surface area contributed by atoms with Gasteiger partial charge in [-0.3, -0.25) is 0 Å². The summed E-state index contributed by atoms with van der Waals surface area (Å²) in [5.41, 5.74) is -11.2. The fourth-order valence-electron chi connectivity index (χ4n) is 2.84. The van der Waals surface area contributed by atoms with Gasteiger partial charge in [-0.1, -0.05) is 36.5 Å². The maximum atomic E-state index is 15.5. The van der Waals surface area contributed by atoms with Crippen LogP contribution >= 0.6 is 0 Å². The van der Waals surface area contributed by atoms with Gasteiger partial charge in [0.05, 0.1) is 0 Å². The molecule has 2 aliphatic rings. The largest absolute Gasteiger partial charge is 0.457 e. The Labute approximate surface area is 128 Å². The van der Waals surface area contributed by atoms with Crippen molar-refractivity contribution in [3.8, 4) is 0 Å². The van der Waals surface area contributed by atoms with E-state index in [2.05, 4.69) is 0 Å². The van der Waals surface area contributed by atoms with Crippen molar-refractivity contribution >= 4 is 0 Å². The molecule has 2 aliphatic carbocycles. The maximum absolute atomic E-state index is 15.5. The summed E-state index contributed by atoms with van der Waals surface area (Å²) < 4.78 is 82.3. The molecule has 0 aliphatic heterocycles. The van der Waals surface area contributed by atoms with Gasteiger partial charge in [0, 0.05) is 12.8 Å². The van der Waals surface area contributed by atoms with Gasteiger partial charge in [0.1, 0.15) is 11.2 Å². The predicted molar refractivity (Wildman–Crippen MR) is 70.5 cm³/mol. The SMILES string of the molecule is OC1(C(F)(C2(O)C=CC=CC2)C(F)(F)C(F)(F)F)C=CC=CC1. The van der Waals surface area contributed by atoms with E-state index in [4.69, 9.17) is 0 Å². The zero-order valence-corrected chi connectivity index (χ0v) is 11.7. The van der Waals surface area contributed by atoms with Gasteiger partial charge in [0.25, 0.3) is 0 Å². The smallest absolute Gasteiger partial charge is 0.382 e. The molecule has 0 radical (unpaired) electrons. The Morgan fingerprint density at radius 1 is 0.696 bits per heavy atom. The highest BCUT2D eigenvalue weighted by Gasteiger charge is 2.82. The molecule has 0 aromatic rings. The van der Waals surface area contributed by atoms with Gasteiger partial charge in [0.2, 0.25) is 5.67 Å². The zero-order chi connectivity index (χ0) is 17.6. The first-order valence-electron chi connectivity index (χ1n) is 6.68. The Bertz CT molecular complexity index is 553. The van der Waals surface area contributed by atoms with Crippen LogP contribution in [0.3, 0.4) is 0 Å². The van der Waals surface area contributed by atoms with Crippen molar-refractivity contribution in [2.75, 3.05) is 0 Å². The summed E-state index contributed by atoms with van der Waals surface area (Å²) in [6, 6.07) is 0. The minimum absolute atomic E-state index is 0.511. The second-order valence-corrected chi connectivity index (χ2v) is 5.56. The molecule has 0 saturated carbocycles. The van der Waals surface area contributed by atoms with Crippen molar-refractivity contribution in [3.05, 3.63) is 48.6 Å². The van der Waals surface area contributed by atoms with Crippen LogP contribution in [0.4, 0.5) is 26.3 Å². The van der Waals surface area contributed by atoms with E-state index in [1.807, 2.05) is 0 Å². The molecule has 0 aromatic carbocycles. The summed E-state index contributed by atoms with van der Waals surface area (Å²) in [6.07, 6.45) is -0.435. The quantitative estimate of drug-likeness (QED) is 0.773. The lowest BCUT2D eigenvalue weighted by molar-refractivity contribution is -0.374. The Kier molecular flexibility index (Phi) is 4.06. The molecular formula is C15H14F6O2. The lowest BCUT2D eigenvalue weighted by atomic mass is 9.64. The topological polar surface area (TPSA) is 40.5 Å². The van der Waals surface area contributed by atoms with E-state index in [1.54, 1.807) is 0 Å². The molecule has 2 N–H and O–H groups in total. The standard InChI is InChI=1S/C15H14F6O2/c16-13(14(17,18)15(19,20)21,11(22)7-3-1-4-8-11)12(23)9-5-2-6-10-12/h1-7,9,22-23H,8,10H2. The van der Waals surface area contributed by atoms with Crippen molar-refractivity contribution in [1.82, 2.24) is 0 Å². The van der Waals surface area contributed by atoms with Crippen molar-refractivity contribution in [2.24, 2.45) is 0 Å². The molecule has 23 heavy (non-hydrogen) atoms. The molecule has 0 heterocycles. The van der Waals surface area contributed by atoms with Crippen LogP contribution in [0, 0.1) is 0 Å². The summed E-state index contributed by atoms with van der Waals surface area (Å²) in [6.45, 7) is 0. The fourth-order valence-corrected chi connectivity index (χ4v) is 2.84. The minimum Gasteiger partial charge on any atom is -0.382 e. The number of hydrogen-bond acceptors (Lipinski definition) is 2. The average Bonchev–Trinajstić information content (AvgIpc) is 2.46. The van der Waals surface area contributed by atoms with Crippen LogP contribution in [0.15, 0.2) is 48.6 Å². The highest BCUT2D eigenvalue weighted by atomic mass is 19.4. The molecule has 0 amide bonds. The molecule has 0 fully saturated rings. The van der Waals surface area contributed by atoms with Crippen LogP contribution in [-0.2, 0) is 0 Å². The minimum atomic E-state index is -6.31. The highest BCUT2D eigenvalue weighted by Crippen LogP contribution is 2.58. The van der Waals surface area contributed by atoms with Crippen LogP contribution in [-0.4, -0.2) is 39.2 Å². The molecule has 128 valence electrons. The summed E-state index contributed by atoms with van der Waals surface area (Å²) >= 11 is 0. The van der Waals surface area contributed by atoms with E-state index in [0.29, 0.717) is 12.2 Å². The molecular weight excluding hydrogens is 326 g/mol. The van der Waals surface area contributed by atoms with E-state index in [1.165, 1.54) is 12.2 Å². The van der Waals surface area contributed by atoms with Crippen molar-refractivity contribution in [1.29, 1.82) is 0 Å². The molecule has 0 saturated heterocycles. The van der Waals surface area contributed by atoms with Gasteiger partial charge in [-0.05, 0) is 12.2 Å². The average molecular weight is 340 g/mol. The predicted octanol–water partition coefficient (Wildman–Crippen LogP) is 3.39. The summed E-state index contributed by atoms with van der Waals surface area (Å²) in [4.78, 5) is 0. The van der Waals surface area contributed by atoms with Crippen LogP contribution < -0.4 is 0 Å². The van der Waals surface area contributed by atoms with Crippen LogP contribution in [0.25, 0.3) is 0 Å². The normalized spacial score (nSPS) is 33.7. The molecule has 0 spiro atoms. The van der Waals surface area contributed by atoms with Crippen LogP contribution in [0.2, 0.25) is 0 Å². The Morgan fingerprint density at radius 2 is 1.09 bits per heavy atom. The van der Waals surface area contributed by atoms with Crippen molar-refractivity contribution < 1.29 is 36.6 Å². The van der Waals surface area contributed by atoms with Crippen molar-refractivity contribution in [2.45, 2.75) is 41.8 Å². The summed E-state index contributed by atoms with van der Waals surface area (Å²) in [7, 11) is 0. The molecule has 0 aromatic heterocycles. The molecule has 2 nitrogen and oxygen atoms in total. The van der Waals surface area contributed by atoms with Gasteiger partial charge in [-0.25, -0.2) is 4.39 Å². The van der Waals surface area contributed by atoms with E-state index in [-0.39, 0.29) is 0 Å². The van der Waals surface area contributed by atoms with Gasteiger partial charge >= 0.3 is 12.1 Å². The number of allylic oxidation sites excluding steroid dienone is 4. The Hall–Kier alpha value is -1.54.